The molecule has 28 heavy (non-hydrogen) atoms. The summed E-state index contributed by atoms with van der Waals surface area (Å²) in [6, 6.07) is -0.212. The number of rotatable bonds is 4. The lowest BCUT2D eigenvalue weighted by molar-refractivity contribution is -0.137. The average molecular weight is 385 g/mol. The molecule has 0 aliphatic carbocycles. The number of hydrogen-bond acceptors (Lipinski definition) is 4. The Kier molecular flexibility index (Phi) is 5.04. The predicted molar refractivity (Wildman–Crippen MR) is 108 cm³/mol. The fraction of sp³-hybridized carbons (Fsp3) is 0.667. The Hall–Kier alpha value is -2.15. The van der Waals surface area contributed by atoms with E-state index in [1.165, 1.54) is 11.4 Å². The van der Waals surface area contributed by atoms with Gasteiger partial charge in [0.1, 0.15) is 11.9 Å². The molecule has 2 aromatic heterocycles. The van der Waals surface area contributed by atoms with Crippen molar-refractivity contribution < 1.29 is 4.79 Å². The van der Waals surface area contributed by atoms with Crippen molar-refractivity contribution in [3.63, 3.8) is 0 Å². The molecule has 1 spiro atoms. The Bertz CT molecular complexity index is 830. The third kappa shape index (κ3) is 3.15. The van der Waals surface area contributed by atoms with Crippen LogP contribution in [-0.4, -0.2) is 61.4 Å². The summed E-state index contributed by atoms with van der Waals surface area (Å²) in [5, 5.41) is 0. The van der Waals surface area contributed by atoms with Crippen molar-refractivity contribution >= 4 is 5.91 Å². The van der Waals surface area contributed by atoms with Crippen LogP contribution in [0.2, 0.25) is 0 Å². The van der Waals surface area contributed by atoms with Crippen LogP contribution < -0.4 is 0 Å². The fourth-order valence-corrected chi connectivity index (χ4v) is 5.06. The third-order valence-corrected chi connectivity index (χ3v) is 6.52. The first-order valence-corrected chi connectivity index (χ1v) is 10.5. The van der Waals surface area contributed by atoms with Crippen molar-refractivity contribution in [3.8, 4) is 0 Å². The van der Waals surface area contributed by atoms with Crippen molar-refractivity contribution in [1.82, 2.24) is 29.3 Å². The van der Waals surface area contributed by atoms with E-state index in [9.17, 15) is 4.79 Å². The number of nitrogens with one attached hydrogen (secondary N) is 1. The van der Waals surface area contributed by atoms with E-state index in [4.69, 9.17) is 4.98 Å². The van der Waals surface area contributed by atoms with Crippen LogP contribution in [-0.2, 0) is 16.8 Å². The van der Waals surface area contributed by atoms with Crippen molar-refractivity contribution in [1.29, 1.82) is 0 Å². The summed E-state index contributed by atoms with van der Waals surface area (Å²) in [5.41, 5.74) is 2.45. The molecule has 1 N–H and O–H groups in total. The molecule has 1 saturated heterocycles. The van der Waals surface area contributed by atoms with Gasteiger partial charge in [-0.2, -0.15) is 0 Å². The number of aryl methyl sites for hydroxylation is 1. The highest BCUT2D eigenvalue weighted by Crippen LogP contribution is 2.42. The number of carbonyl (C=O) groups is 1. The molecule has 0 bridgehead atoms. The van der Waals surface area contributed by atoms with E-state index in [1.807, 2.05) is 35.8 Å². The minimum Gasteiger partial charge on any atom is -0.348 e. The van der Waals surface area contributed by atoms with Gasteiger partial charge in [0.15, 0.2) is 0 Å². The van der Waals surface area contributed by atoms with Gasteiger partial charge in [0.25, 0.3) is 0 Å². The number of aromatic amines is 1. The number of carbonyl (C=O) groups excluding carboxylic acids is 1. The van der Waals surface area contributed by atoms with Crippen LogP contribution in [0.4, 0.5) is 0 Å². The number of aromatic nitrogens is 4. The van der Waals surface area contributed by atoms with Gasteiger partial charge in [-0.25, -0.2) is 9.97 Å². The topological polar surface area (TPSA) is 70.0 Å². The second-order valence-electron chi connectivity index (χ2n) is 8.73. The van der Waals surface area contributed by atoms with Crippen molar-refractivity contribution in [2.24, 2.45) is 5.92 Å². The van der Waals surface area contributed by atoms with Crippen LogP contribution in [0.5, 0.6) is 0 Å². The summed E-state index contributed by atoms with van der Waals surface area (Å²) < 4.78 is 1.96. The zero-order chi connectivity index (χ0) is 19.9. The first kappa shape index (κ1) is 19.2. The molecule has 1 fully saturated rings. The molecule has 0 aromatic carbocycles. The molecule has 1 atom stereocenters. The maximum Gasteiger partial charge on any atom is 0.245 e. The van der Waals surface area contributed by atoms with Gasteiger partial charge in [0.05, 0.1) is 17.6 Å². The van der Waals surface area contributed by atoms with Gasteiger partial charge in [-0.15, -0.1) is 0 Å². The highest BCUT2D eigenvalue weighted by Gasteiger charge is 2.47. The SMILES string of the molecule is Cc1nccn1C(C)C(=O)N1CCC2(CC1)c1nc[nH]c1CCN2CC(C)C. The van der Waals surface area contributed by atoms with E-state index in [2.05, 4.69) is 28.7 Å². The predicted octanol–water partition coefficient (Wildman–Crippen LogP) is 2.51. The quantitative estimate of drug-likeness (QED) is 0.879. The first-order chi connectivity index (χ1) is 13.4. The summed E-state index contributed by atoms with van der Waals surface area (Å²) in [6.45, 7) is 12.2. The summed E-state index contributed by atoms with van der Waals surface area (Å²) in [5.74, 6) is 1.68. The van der Waals surface area contributed by atoms with Crippen molar-refractivity contribution in [2.45, 2.75) is 58.5 Å². The van der Waals surface area contributed by atoms with Crippen molar-refractivity contribution in [2.75, 3.05) is 26.2 Å². The lowest BCUT2D eigenvalue weighted by Gasteiger charge is -2.51. The Morgan fingerprint density at radius 3 is 2.61 bits per heavy atom. The molecule has 2 aromatic rings. The lowest BCUT2D eigenvalue weighted by Crippen LogP contribution is -2.58. The molecule has 0 saturated carbocycles. The Morgan fingerprint density at radius 2 is 1.96 bits per heavy atom. The van der Waals surface area contributed by atoms with E-state index in [0.29, 0.717) is 5.92 Å². The smallest absolute Gasteiger partial charge is 0.245 e. The van der Waals surface area contributed by atoms with Crippen LogP contribution in [0.1, 0.15) is 56.9 Å². The number of imidazole rings is 2. The monoisotopic (exact) mass is 384 g/mol. The van der Waals surface area contributed by atoms with Crippen LogP contribution in [0.25, 0.3) is 0 Å². The molecule has 152 valence electrons. The number of amides is 1. The minimum atomic E-state index is -0.212. The van der Waals surface area contributed by atoms with Gasteiger partial charge in [-0.3, -0.25) is 9.69 Å². The summed E-state index contributed by atoms with van der Waals surface area (Å²) in [6.07, 6.45) is 8.41. The van der Waals surface area contributed by atoms with E-state index in [1.54, 1.807) is 6.20 Å². The molecule has 0 radical (unpaired) electrons. The highest BCUT2D eigenvalue weighted by atomic mass is 16.2. The number of likely N-dealkylation sites (tertiary alicyclic amines) is 1. The van der Waals surface area contributed by atoms with E-state index in [-0.39, 0.29) is 17.5 Å². The zero-order valence-corrected chi connectivity index (χ0v) is 17.5. The molecule has 4 rings (SSSR count). The molecular weight excluding hydrogens is 352 g/mol. The van der Waals surface area contributed by atoms with Gasteiger partial charge in [0.2, 0.25) is 5.91 Å². The lowest BCUT2D eigenvalue weighted by atomic mass is 9.78. The maximum absolute atomic E-state index is 13.1. The van der Waals surface area contributed by atoms with E-state index in [0.717, 1.165) is 51.3 Å². The molecule has 1 unspecified atom stereocenters. The van der Waals surface area contributed by atoms with Crippen LogP contribution >= 0.6 is 0 Å². The Balaban J connectivity index is 1.53. The molecular formula is C21H32N6O. The van der Waals surface area contributed by atoms with Gasteiger partial charge >= 0.3 is 0 Å². The molecule has 1 amide bonds. The second kappa shape index (κ2) is 7.35. The van der Waals surface area contributed by atoms with Crippen molar-refractivity contribution in [3.05, 3.63) is 35.9 Å². The van der Waals surface area contributed by atoms with E-state index >= 15 is 0 Å². The van der Waals surface area contributed by atoms with Gasteiger partial charge in [0, 0.05) is 50.7 Å². The summed E-state index contributed by atoms with van der Waals surface area (Å²) in [7, 11) is 0. The number of H-pyrrole nitrogens is 1. The number of hydrogen-bond donors (Lipinski definition) is 1. The molecule has 2 aliphatic heterocycles. The largest absolute Gasteiger partial charge is 0.348 e. The minimum absolute atomic E-state index is 0.0389. The van der Waals surface area contributed by atoms with Gasteiger partial charge in [-0.1, -0.05) is 13.8 Å². The number of fused-ring (bicyclic) bond motifs is 2. The Morgan fingerprint density at radius 1 is 1.21 bits per heavy atom. The zero-order valence-electron chi connectivity index (χ0n) is 17.5. The second-order valence-corrected chi connectivity index (χ2v) is 8.73. The standard InChI is InChI=1S/C21H32N6O/c1-15(2)13-26-9-5-18-19(24-14-23-18)21(26)6-10-25(11-7-21)20(28)16(3)27-12-8-22-17(27)4/h8,12,14-16H,5-7,9-11,13H2,1-4H3,(H,23,24). The normalized spacial score (nSPS) is 20.5. The molecule has 4 heterocycles. The highest BCUT2D eigenvalue weighted by molar-refractivity contribution is 5.80. The summed E-state index contributed by atoms with van der Waals surface area (Å²) in [4.78, 5) is 30.1. The van der Waals surface area contributed by atoms with E-state index < -0.39 is 0 Å². The molecule has 2 aliphatic rings. The molecule has 7 heteroatoms. The average Bonchev–Trinajstić information content (AvgIpc) is 3.33. The molecule has 7 nitrogen and oxygen atoms in total. The Labute approximate surface area is 167 Å². The maximum atomic E-state index is 13.1. The van der Waals surface area contributed by atoms with Crippen LogP contribution in [0.15, 0.2) is 18.7 Å². The fourth-order valence-electron chi connectivity index (χ4n) is 5.06. The number of piperidine rings is 1. The van der Waals surface area contributed by atoms with Gasteiger partial charge in [-0.05, 0) is 32.6 Å². The van der Waals surface area contributed by atoms with Crippen LogP contribution in [0.3, 0.4) is 0 Å². The number of nitrogens with zero attached hydrogens (tertiary/aromatic N) is 5. The first-order valence-electron chi connectivity index (χ1n) is 10.5. The summed E-state index contributed by atoms with van der Waals surface area (Å²) >= 11 is 0. The third-order valence-electron chi connectivity index (χ3n) is 6.52. The van der Waals surface area contributed by atoms with Crippen LogP contribution in [0, 0.1) is 12.8 Å². The van der Waals surface area contributed by atoms with Gasteiger partial charge < -0.3 is 14.5 Å².